The van der Waals surface area contributed by atoms with E-state index in [0.717, 1.165) is 50.4 Å². The fourth-order valence-corrected chi connectivity index (χ4v) is 3.41. The van der Waals surface area contributed by atoms with Crippen LogP contribution in [0, 0.1) is 0 Å². The van der Waals surface area contributed by atoms with Crippen LogP contribution in [-0.2, 0) is 12.8 Å². The van der Waals surface area contributed by atoms with Gasteiger partial charge in [-0.3, -0.25) is 0 Å². The molecule has 0 amide bonds. The van der Waals surface area contributed by atoms with Crippen molar-refractivity contribution >= 4 is 22.7 Å². The van der Waals surface area contributed by atoms with Gasteiger partial charge in [0.2, 0.25) is 0 Å². The summed E-state index contributed by atoms with van der Waals surface area (Å²) < 4.78 is 0. The Hall–Kier alpha value is -2.36. The molecular weight excluding hydrogens is 296 g/mol. The molecule has 0 spiro atoms. The number of hydrogen-bond donors (Lipinski definition) is 2. The Balaban J connectivity index is 1.69. The topological polar surface area (TPSA) is 58.5 Å². The van der Waals surface area contributed by atoms with Gasteiger partial charge < -0.3 is 21.3 Å². The Bertz CT molecular complexity index is 641. The molecule has 1 heterocycles. The Kier molecular flexibility index (Phi) is 4.84. The van der Waals surface area contributed by atoms with E-state index in [1.165, 1.54) is 22.5 Å². The number of rotatable bonds is 4. The van der Waals surface area contributed by atoms with Crippen LogP contribution in [0.4, 0.5) is 22.7 Å². The minimum absolute atomic E-state index is 0.897. The zero-order chi connectivity index (χ0) is 17.1. The molecule has 0 aromatic heterocycles. The summed E-state index contributed by atoms with van der Waals surface area (Å²) in [7, 11) is 0. The minimum Gasteiger partial charge on any atom is -0.399 e. The normalized spacial score (nSPS) is 14.9. The van der Waals surface area contributed by atoms with Crippen LogP contribution in [0.1, 0.15) is 25.0 Å². The molecule has 1 saturated heterocycles. The number of aryl methyl sites for hydroxylation is 2. The third-order valence-electron chi connectivity index (χ3n) is 5.02. The van der Waals surface area contributed by atoms with Crippen molar-refractivity contribution in [2.45, 2.75) is 26.7 Å². The maximum atomic E-state index is 6.03. The van der Waals surface area contributed by atoms with Crippen LogP contribution in [0.15, 0.2) is 36.4 Å². The first-order valence-electron chi connectivity index (χ1n) is 8.89. The van der Waals surface area contributed by atoms with Crippen LogP contribution in [0.5, 0.6) is 0 Å². The molecule has 4 nitrogen and oxygen atoms in total. The van der Waals surface area contributed by atoms with E-state index in [1.54, 1.807) is 0 Å². The number of piperazine rings is 1. The van der Waals surface area contributed by atoms with Crippen molar-refractivity contribution in [3.63, 3.8) is 0 Å². The molecule has 4 heteroatoms. The van der Waals surface area contributed by atoms with E-state index < -0.39 is 0 Å². The number of hydrogen-bond acceptors (Lipinski definition) is 4. The fraction of sp³-hybridized carbons (Fsp3) is 0.400. The monoisotopic (exact) mass is 324 g/mol. The SMILES string of the molecule is CCc1cc(N2CCN(c3ccc(N)c(CC)c3)CC2)ccc1N. The van der Waals surface area contributed by atoms with Gasteiger partial charge >= 0.3 is 0 Å². The zero-order valence-electron chi connectivity index (χ0n) is 14.8. The van der Waals surface area contributed by atoms with Crippen molar-refractivity contribution in [1.29, 1.82) is 0 Å². The summed E-state index contributed by atoms with van der Waals surface area (Å²) in [5.74, 6) is 0. The van der Waals surface area contributed by atoms with E-state index in [0.29, 0.717) is 0 Å². The van der Waals surface area contributed by atoms with Gasteiger partial charge in [0.05, 0.1) is 0 Å². The van der Waals surface area contributed by atoms with Crippen LogP contribution in [-0.4, -0.2) is 26.2 Å². The Morgan fingerprint density at radius 2 is 1.08 bits per heavy atom. The van der Waals surface area contributed by atoms with Gasteiger partial charge in [-0.1, -0.05) is 13.8 Å². The number of nitrogen functional groups attached to an aromatic ring is 2. The maximum Gasteiger partial charge on any atom is 0.0371 e. The van der Waals surface area contributed by atoms with Crippen LogP contribution in [0.2, 0.25) is 0 Å². The van der Waals surface area contributed by atoms with Gasteiger partial charge in [-0.05, 0) is 60.4 Å². The molecule has 0 radical (unpaired) electrons. The summed E-state index contributed by atoms with van der Waals surface area (Å²) in [6.45, 7) is 8.41. The van der Waals surface area contributed by atoms with Crippen LogP contribution in [0.25, 0.3) is 0 Å². The van der Waals surface area contributed by atoms with Crippen molar-refractivity contribution in [2.24, 2.45) is 0 Å². The molecule has 0 aliphatic carbocycles. The highest BCUT2D eigenvalue weighted by molar-refractivity contribution is 5.61. The second-order valence-electron chi connectivity index (χ2n) is 6.45. The van der Waals surface area contributed by atoms with E-state index >= 15 is 0 Å². The maximum absolute atomic E-state index is 6.03. The summed E-state index contributed by atoms with van der Waals surface area (Å²) in [4.78, 5) is 4.90. The van der Waals surface area contributed by atoms with Gasteiger partial charge in [0.1, 0.15) is 0 Å². The zero-order valence-corrected chi connectivity index (χ0v) is 14.8. The molecule has 24 heavy (non-hydrogen) atoms. The van der Waals surface area contributed by atoms with Crippen molar-refractivity contribution in [3.05, 3.63) is 47.5 Å². The highest BCUT2D eigenvalue weighted by Crippen LogP contribution is 2.26. The average molecular weight is 324 g/mol. The lowest BCUT2D eigenvalue weighted by atomic mass is 10.1. The lowest BCUT2D eigenvalue weighted by Crippen LogP contribution is -2.46. The van der Waals surface area contributed by atoms with Crippen LogP contribution < -0.4 is 21.3 Å². The van der Waals surface area contributed by atoms with Gasteiger partial charge in [-0.2, -0.15) is 0 Å². The minimum atomic E-state index is 0.897. The molecule has 0 atom stereocenters. The van der Waals surface area contributed by atoms with Crippen molar-refractivity contribution in [1.82, 2.24) is 0 Å². The summed E-state index contributed by atoms with van der Waals surface area (Å²) in [5.41, 5.74) is 18.9. The Morgan fingerprint density at radius 1 is 0.708 bits per heavy atom. The van der Waals surface area contributed by atoms with Crippen LogP contribution >= 0.6 is 0 Å². The van der Waals surface area contributed by atoms with Gasteiger partial charge in [0, 0.05) is 48.9 Å². The first-order chi connectivity index (χ1) is 11.6. The predicted octanol–water partition coefficient (Wildman–Crippen LogP) is 3.30. The predicted molar refractivity (Wildman–Crippen MR) is 105 cm³/mol. The Morgan fingerprint density at radius 3 is 1.42 bits per heavy atom. The van der Waals surface area contributed by atoms with Crippen molar-refractivity contribution in [2.75, 3.05) is 47.4 Å². The standard InChI is InChI=1S/C20H28N4/c1-3-15-13-17(5-7-19(15)21)23-9-11-24(12-10-23)18-6-8-20(22)16(4-2)14-18/h5-8,13-14H,3-4,9-12,21-22H2,1-2H3. The van der Waals surface area contributed by atoms with Gasteiger partial charge in [-0.15, -0.1) is 0 Å². The van der Waals surface area contributed by atoms with Crippen molar-refractivity contribution < 1.29 is 0 Å². The molecule has 4 N–H and O–H groups in total. The number of nitrogens with two attached hydrogens (primary N) is 2. The van der Waals surface area contributed by atoms with Gasteiger partial charge in [0.25, 0.3) is 0 Å². The third-order valence-corrected chi connectivity index (χ3v) is 5.02. The van der Waals surface area contributed by atoms with E-state index in [2.05, 4.69) is 47.9 Å². The van der Waals surface area contributed by atoms with Crippen molar-refractivity contribution in [3.8, 4) is 0 Å². The van der Waals surface area contributed by atoms with E-state index in [1.807, 2.05) is 12.1 Å². The largest absolute Gasteiger partial charge is 0.399 e. The van der Waals surface area contributed by atoms with Gasteiger partial charge in [-0.25, -0.2) is 0 Å². The summed E-state index contributed by atoms with van der Waals surface area (Å²) in [5, 5.41) is 0. The molecule has 0 saturated carbocycles. The van der Waals surface area contributed by atoms with E-state index in [4.69, 9.17) is 11.5 Å². The summed E-state index contributed by atoms with van der Waals surface area (Å²) in [6.07, 6.45) is 1.95. The second-order valence-corrected chi connectivity index (χ2v) is 6.45. The van der Waals surface area contributed by atoms with Crippen LogP contribution in [0.3, 0.4) is 0 Å². The molecule has 0 unspecified atom stereocenters. The molecule has 2 aromatic carbocycles. The lowest BCUT2D eigenvalue weighted by molar-refractivity contribution is 0.653. The third kappa shape index (κ3) is 3.28. The molecule has 2 aromatic rings. The summed E-state index contributed by atoms with van der Waals surface area (Å²) >= 11 is 0. The van der Waals surface area contributed by atoms with E-state index in [9.17, 15) is 0 Å². The lowest BCUT2D eigenvalue weighted by Gasteiger charge is -2.37. The molecule has 1 aliphatic heterocycles. The molecule has 0 bridgehead atoms. The highest BCUT2D eigenvalue weighted by Gasteiger charge is 2.18. The second kappa shape index (κ2) is 7.04. The highest BCUT2D eigenvalue weighted by atomic mass is 15.3. The molecular formula is C20H28N4. The molecule has 3 rings (SSSR count). The number of anilines is 4. The fourth-order valence-electron chi connectivity index (χ4n) is 3.41. The Labute approximate surface area is 145 Å². The molecule has 1 fully saturated rings. The quantitative estimate of drug-likeness (QED) is 0.847. The summed E-state index contributed by atoms with van der Waals surface area (Å²) in [6, 6.07) is 12.8. The number of nitrogens with zero attached hydrogens (tertiary/aromatic N) is 2. The van der Waals surface area contributed by atoms with Gasteiger partial charge in [0.15, 0.2) is 0 Å². The number of benzene rings is 2. The molecule has 1 aliphatic rings. The first-order valence-corrected chi connectivity index (χ1v) is 8.89. The molecule has 128 valence electrons. The van der Waals surface area contributed by atoms with E-state index in [-0.39, 0.29) is 0 Å². The first kappa shape index (κ1) is 16.5. The smallest absolute Gasteiger partial charge is 0.0371 e. The average Bonchev–Trinajstić information content (AvgIpc) is 2.63.